The molecule has 2 saturated heterocycles. The number of quaternary nitrogens is 1. The largest absolute Gasteiger partial charge is 0.360 e. The van der Waals surface area contributed by atoms with E-state index < -0.39 is 0 Å². The van der Waals surface area contributed by atoms with Crippen LogP contribution in [0.4, 0.5) is 10.1 Å². The van der Waals surface area contributed by atoms with Crippen molar-refractivity contribution in [1.29, 1.82) is 0 Å². The van der Waals surface area contributed by atoms with Crippen molar-refractivity contribution in [3.8, 4) is 0 Å². The van der Waals surface area contributed by atoms with Crippen LogP contribution in [0.5, 0.6) is 0 Å². The van der Waals surface area contributed by atoms with Gasteiger partial charge in [0.1, 0.15) is 5.82 Å². The highest BCUT2D eigenvalue weighted by Gasteiger charge is 2.37. The molecule has 2 aromatic carbocycles. The van der Waals surface area contributed by atoms with Crippen LogP contribution in [0.15, 0.2) is 54.6 Å². The van der Waals surface area contributed by atoms with E-state index in [1.165, 1.54) is 17.0 Å². The molecule has 2 aliphatic heterocycles. The Balaban J connectivity index is 1.49. The predicted octanol–water partition coefficient (Wildman–Crippen LogP) is 1.89. The first-order valence-corrected chi connectivity index (χ1v) is 9.91. The maximum absolute atomic E-state index is 13.3. The Morgan fingerprint density at radius 3 is 2.15 bits per heavy atom. The molecule has 2 aliphatic rings. The van der Waals surface area contributed by atoms with E-state index in [2.05, 4.69) is 17.0 Å². The molecule has 2 heterocycles. The number of nitrogens with one attached hydrogen (secondary N) is 1. The summed E-state index contributed by atoms with van der Waals surface area (Å²) >= 11 is 0. The lowest BCUT2D eigenvalue weighted by Crippen LogP contribution is -3.16. The topological polar surface area (TPSA) is 28.0 Å². The highest BCUT2D eigenvalue weighted by Crippen LogP contribution is 2.19. The minimum absolute atomic E-state index is 0.125. The fraction of sp³-hybridized carbons (Fsp3) is 0.409. The van der Waals surface area contributed by atoms with Crippen LogP contribution < -0.4 is 9.80 Å². The number of benzene rings is 2. The van der Waals surface area contributed by atoms with Gasteiger partial charge in [-0.1, -0.05) is 30.3 Å². The van der Waals surface area contributed by atoms with E-state index in [0.29, 0.717) is 0 Å². The fourth-order valence-corrected chi connectivity index (χ4v) is 4.31. The van der Waals surface area contributed by atoms with E-state index in [0.717, 1.165) is 63.4 Å². The highest BCUT2D eigenvalue weighted by molar-refractivity contribution is 5.82. The maximum Gasteiger partial charge on any atom is 0.285 e. The monoisotopic (exact) mass is 368 g/mol. The van der Waals surface area contributed by atoms with Gasteiger partial charge in [-0.25, -0.2) is 4.39 Å². The van der Waals surface area contributed by atoms with Crippen molar-refractivity contribution in [3.63, 3.8) is 0 Å². The Bertz CT molecular complexity index is 751. The number of carbonyl (C=O) groups excluding carboxylic acids is 1. The lowest BCUT2D eigenvalue weighted by molar-refractivity contribution is -0.922. The van der Waals surface area contributed by atoms with E-state index >= 15 is 0 Å². The second-order valence-electron chi connectivity index (χ2n) is 7.50. The standard InChI is InChI=1S/C22H26FN3O/c23-19-8-10-20(11-9-19)24-14-16-25(17-15-24)21(18-6-2-1-3-7-18)22(27)26-12-4-5-13-26/h1-3,6-11,21H,4-5,12-17H2/p+1/t21-/m1/s1. The van der Waals surface area contributed by atoms with Crippen molar-refractivity contribution in [2.45, 2.75) is 18.9 Å². The minimum atomic E-state index is -0.205. The molecular formula is C22H27FN3O+. The van der Waals surface area contributed by atoms with Gasteiger partial charge in [0.25, 0.3) is 5.91 Å². The summed E-state index contributed by atoms with van der Waals surface area (Å²) in [6.07, 6.45) is 2.22. The van der Waals surface area contributed by atoms with Gasteiger partial charge in [0.05, 0.1) is 26.2 Å². The Labute approximate surface area is 160 Å². The predicted molar refractivity (Wildman–Crippen MR) is 104 cm³/mol. The molecule has 0 unspecified atom stereocenters. The molecule has 5 heteroatoms. The molecule has 0 radical (unpaired) electrons. The smallest absolute Gasteiger partial charge is 0.285 e. The number of amides is 1. The number of likely N-dealkylation sites (tertiary alicyclic amines) is 1. The summed E-state index contributed by atoms with van der Waals surface area (Å²) in [4.78, 5) is 18.9. The Hall–Kier alpha value is -2.40. The number of anilines is 1. The number of rotatable bonds is 4. The maximum atomic E-state index is 13.3. The molecular weight excluding hydrogens is 341 g/mol. The zero-order valence-electron chi connectivity index (χ0n) is 15.6. The van der Waals surface area contributed by atoms with Crippen molar-refractivity contribution >= 4 is 11.6 Å². The van der Waals surface area contributed by atoms with Crippen molar-refractivity contribution in [2.24, 2.45) is 0 Å². The van der Waals surface area contributed by atoms with Crippen LogP contribution in [0, 0.1) is 5.82 Å². The lowest BCUT2D eigenvalue weighted by Gasteiger charge is -2.38. The number of carbonyl (C=O) groups is 1. The molecule has 142 valence electrons. The zero-order valence-corrected chi connectivity index (χ0v) is 15.6. The van der Waals surface area contributed by atoms with Gasteiger partial charge < -0.3 is 14.7 Å². The first kappa shape index (κ1) is 18.0. The molecule has 0 aromatic heterocycles. The summed E-state index contributed by atoms with van der Waals surface area (Å²) in [5.41, 5.74) is 2.16. The summed E-state index contributed by atoms with van der Waals surface area (Å²) in [6.45, 7) is 5.32. The van der Waals surface area contributed by atoms with Gasteiger partial charge in [0.15, 0.2) is 6.04 Å². The number of halogens is 1. The molecule has 2 fully saturated rings. The van der Waals surface area contributed by atoms with Crippen LogP contribution >= 0.6 is 0 Å². The van der Waals surface area contributed by atoms with Crippen molar-refractivity contribution in [1.82, 2.24) is 4.90 Å². The number of piperazine rings is 1. The van der Waals surface area contributed by atoms with Crippen LogP contribution in [0.1, 0.15) is 24.4 Å². The second-order valence-corrected chi connectivity index (χ2v) is 7.50. The molecule has 0 saturated carbocycles. The normalized spacial score (nSPS) is 19.3. The molecule has 4 nitrogen and oxygen atoms in total. The molecule has 4 rings (SSSR count). The van der Waals surface area contributed by atoms with Crippen LogP contribution in [-0.2, 0) is 4.79 Å². The van der Waals surface area contributed by atoms with Crippen molar-refractivity contribution in [3.05, 3.63) is 66.0 Å². The van der Waals surface area contributed by atoms with Crippen LogP contribution in [0.25, 0.3) is 0 Å². The molecule has 0 spiro atoms. The second kappa shape index (κ2) is 8.09. The summed E-state index contributed by atoms with van der Waals surface area (Å²) in [5, 5.41) is 0. The van der Waals surface area contributed by atoms with E-state index in [9.17, 15) is 9.18 Å². The third kappa shape index (κ3) is 3.98. The van der Waals surface area contributed by atoms with E-state index in [-0.39, 0.29) is 17.8 Å². The summed E-state index contributed by atoms with van der Waals surface area (Å²) < 4.78 is 13.2. The summed E-state index contributed by atoms with van der Waals surface area (Å²) in [7, 11) is 0. The lowest BCUT2D eigenvalue weighted by atomic mass is 10.0. The SMILES string of the molecule is O=C([C@@H](c1ccccc1)[NH+]1CCN(c2ccc(F)cc2)CC1)N1CCCC1. The van der Waals surface area contributed by atoms with Gasteiger partial charge in [-0.2, -0.15) is 0 Å². The molecule has 1 atom stereocenters. The van der Waals surface area contributed by atoms with Gasteiger partial charge in [-0.05, 0) is 37.1 Å². The average molecular weight is 368 g/mol. The van der Waals surface area contributed by atoms with E-state index in [1.807, 2.05) is 35.2 Å². The van der Waals surface area contributed by atoms with Crippen LogP contribution in [0.2, 0.25) is 0 Å². The highest BCUT2D eigenvalue weighted by atomic mass is 19.1. The van der Waals surface area contributed by atoms with Crippen LogP contribution in [-0.4, -0.2) is 50.1 Å². The van der Waals surface area contributed by atoms with Gasteiger partial charge in [-0.15, -0.1) is 0 Å². The van der Waals surface area contributed by atoms with Crippen molar-refractivity contribution in [2.75, 3.05) is 44.2 Å². The van der Waals surface area contributed by atoms with E-state index in [1.54, 1.807) is 0 Å². The Morgan fingerprint density at radius 1 is 0.889 bits per heavy atom. The number of hydrogen-bond donors (Lipinski definition) is 1. The Morgan fingerprint density at radius 2 is 1.52 bits per heavy atom. The third-order valence-corrected chi connectivity index (χ3v) is 5.80. The molecule has 27 heavy (non-hydrogen) atoms. The fourth-order valence-electron chi connectivity index (χ4n) is 4.31. The van der Waals surface area contributed by atoms with Gasteiger partial charge in [0.2, 0.25) is 0 Å². The minimum Gasteiger partial charge on any atom is -0.360 e. The van der Waals surface area contributed by atoms with E-state index in [4.69, 9.17) is 0 Å². The third-order valence-electron chi connectivity index (χ3n) is 5.80. The molecule has 1 amide bonds. The van der Waals surface area contributed by atoms with Crippen LogP contribution in [0.3, 0.4) is 0 Å². The van der Waals surface area contributed by atoms with Gasteiger partial charge in [-0.3, -0.25) is 4.79 Å². The number of hydrogen-bond acceptors (Lipinski definition) is 2. The quantitative estimate of drug-likeness (QED) is 0.893. The molecule has 2 aromatic rings. The van der Waals surface area contributed by atoms with Gasteiger partial charge in [0, 0.05) is 24.3 Å². The van der Waals surface area contributed by atoms with Crippen molar-refractivity contribution < 1.29 is 14.1 Å². The first-order valence-electron chi connectivity index (χ1n) is 9.91. The average Bonchev–Trinajstić information content (AvgIpc) is 3.25. The summed E-state index contributed by atoms with van der Waals surface area (Å²) in [6, 6.07) is 16.8. The molecule has 0 aliphatic carbocycles. The first-order chi connectivity index (χ1) is 13.2. The zero-order chi connectivity index (χ0) is 18.6. The van der Waals surface area contributed by atoms with Gasteiger partial charge >= 0.3 is 0 Å². The molecule has 1 N–H and O–H groups in total. The number of nitrogens with zero attached hydrogens (tertiary/aromatic N) is 2. The Kier molecular flexibility index (Phi) is 5.39. The summed E-state index contributed by atoms with van der Waals surface area (Å²) in [5.74, 6) is 0.0623. The molecule has 0 bridgehead atoms.